The first-order valence-corrected chi connectivity index (χ1v) is 40.5. The van der Waals surface area contributed by atoms with E-state index >= 15 is 0 Å². The highest BCUT2D eigenvalue weighted by Crippen LogP contribution is 2.70. The number of nitrogens with zero attached hydrogens (tertiary/aromatic N) is 5. The lowest BCUT2D eigenvalue weighted by Crippen LogP contribution is -2.36. The Kier molecular flexibility index (Phi) is 13.1. The molecule has 6 aliphatic rings. The maximum Gasteiger partial charge on any atom is 0.141 e. The molecule has 0 radical (unpaired) electrons. The molecule has 6 heteroatoms. The number of rotatable bonds is 9. The van der Waals surface area contributed by atoms with Crippen LogP contribution >= 0.6 is 0 Å². The molecule has 6 heterocycles. The summed E-state index contributed by atoms with van der Waals surface area (Å²) in [5.74, 6) is 0.0359. The van der Waals surface area contributed by atoms with E-state index in [0.29, 0.717) is 0 Å². The van der Waals surface area contributed by atoms with Crippen LogP contribution in [-0.2, 0) is 10.8 Å². The van der Waals surface area contributed by atoms with Crippen LogP contribution in [0.15, 0.2) is 411 Å². The van der Waals surface area contributed by atoms with Gasteiger partial charge in [0.05, 0.1) is 50.0 Å². The Morgan fingerprint density at radius 3 is 1.45 bits per heavy atom. The highest BCUT2D eigenvalue weighted by atomic mass is 16.3. The fraction of sp³-hybridized carbons (Fsp3) is 0.0364. The molecule has 3 aliphatic carbocycles. The van der Waals surface area contributed by atoms with E-state index in [1.165, 1.54) is 150 Å². The minimum absolute atomic E-state index is 0.0359. The van der Waals surface area contributed by atoms with E-state index in [0.717, 1.165) is 79.4 Å². The number of benzene rings is 17. The smallest absolute Gasteiger partial charge is 0.141 e. The molecule has 3 aromatic heterocycles. The second-order valence-corrected chi connectivity index (χ2v) is 32.0. The van der Waals surface area contributed by atoms with E-state index in [9.17, 15) is 0 Å². The van der Waals surface area contributed by atoms with Gasteiger partial charge in [-0.3, -0.25) is 0 Å². The molecule has 0 amide bonds. The van der Waals surface area contributed by atoms with Crippen molar-refractivity contribution < 1.29 is 4.42 Å². The van der Waals surface area contributed by atoms with Crippen molar-refractivity contribution in [3.05, 3.63) is 462 Å². The Balaban J connectivity index is 0.603. The zero-order chi connectivity index (χ0) is 75.6. The van der Waals surface area contributed by atoms with E-state index in [-0.39, 0.29) is 5.92 Å². The topological polar surface area (TPSA) is 32.7 Å². The average molecular weight is 1480 g/mol. The third kappa shape index (κ3) is 8.38. The molecule has 20 aromatic rings. The number of para-hydroxylation sites is 8. The van der Waals surface area contributed by atoms with Crippen LogP contribution in [0.1, 0.15) is 68.0 Å². The van der Waals surface area contributed by atoms with Gasteiger partial charge in [-0.1, -0.05) is 261 Å². The van der Waals surface area contributed by atoms with Gasteiger partial charge in [-0.15, -0.1) is 0 Å². The molecule has 0 fully saturated rings. The van der Waals surface area contributed by atoms with Gasteiger partial charge in [-0.2, -0.15) is 0 Å². The van der Waals surface area contributed by atoms with Crippen LogP contribution in [0.5, 0.6) is 0 Å². The number of furan rings is 1. The maximum absolute atomic E-state index is 7.16. The molecule has 0 saturated heterocycles. The minimum Gasteiger partial charge on any atom is -0.456 e. The van der Waals surface area contributed by atoms with Crippen LogP contribution in [0.3, 0.4) is 0 Å². The van der Waals surface area contributed by atoms with Gasteiger partial charge in [0.1, 0.15) is 11.2 Å². The van der Waals surface area contributed by atoms with Crippen LogP contribution in [0.2, 0.25) is 0 Å². The van der Waals surface area contributed by atoms with Gasteiger partial charge in [0.2, 0.25) is 0 Å². The first-order valence-electron chi connectivity index (χ1n) is 40.5. The molecular formula is C110H69N5O. The molecule has 17 aromatic carbocycles. The Morgan fingerprint density at radius 2 is 0.784 bits per heavy atom. The van der Waals surface area contributed by atoms with E-state index < -0.39 is 10.8 Å². The fourth-order valence-corrected chi connectivity index (χ4v) is 22.0. The molecule has 116 heavy (non-hydrogen) atoms. The van der Waals surface area contributed by atoms with Crippen molar-refractivity contribution in [2.75, 3.05) is 14.7 Å². The van der Waals surface area contributed by atoms with Crippen molar-refractivity contribution in [3.63, 3.8) is 0 Å². The molecule has 2 spiro atoms. The Morgan fingerprint density at radius 1 is 0.302 bits per heavy atom. The van der Waals surface area contributed by atoms with Crippen molar-refractivity contribution >= 4 is 117 Å². The lowest BCUT2D eigenvalue weighted by atomic mass is 9.64. The number of hydrogen-bond donors (Lipinski definition) is 0. The van der Waals surface area contributed by atoms with Crippen LogP contribution in [0, 0.1) is 0 Å². The summed E-state index contributed by atoms with van der Waals surface area (Å²) in [7, 11) is 0. The lowest BCUT2D eigenvalue weighted by Gasteiger charge is -2.44. The summed E-state index contributed by atoms with van der Waals surface area (Å²) in [6.45, 7) is 0. The standard InChI is InChI=1S/C110H69N5O/c1-5-27-72(28-6-1)111(77-57-51-69(52-58-77)71-54-62-99-88(64-71)104-107-96(67-87-82-38-17-26-48-102(82)116-108(87)104)109(93-43-21-25-47-101(93)115(99)107)89-40-18-13-35-79(89)80-36-14-19-41-90(80)109)76-55-49-68(50-56-76)70-53-61-98-85(63-70)86-66-95-106-103(105(86)113(98)75-33-11-4-12-34-75)83-39-16-23-45-97(83)114(106)100-46-24-22-44-94(100)110(95)91-42-20-15-37-81(91)84-65-78(59-60-92(84)110)112(73-29-7-2-8-30-73)74-31-9-3-10-32-74/h1-63,65-67,88H,64H2. The second kappa shape index (κ2) is 23.8. The van der Waals surface area contributed by atoms with Gasteiger partial charge in [-0.05, 0) is 235 Å². The number of anilines is 8. The predicted octanol–water partition coefficient (Wildman–Crippen LogP) is 28.3. The Labute approximate surface area is 670 Å². The van der Waals surface area contributed by atoms with E-state index in [1.807, 2.05) is 0 Å². The molecule has 2 unspecified atom stereocenters. The molecule has 540 valence electrons. The summed E-state index contributed by atoms with van der Waals surface area (Å²) >= 11 is 0. The number of hydrogen-bond acceptors (Lipinski definition) is 4. The summed E-state index contributed by atoms with van der Waals surface area (Å²) in [5.41, 5.74) is 39.6. The summed E-state index contributed by atoms with van der Waals surface area (Å²) < 4.78 is 12.3. The van der Waals surface area contributed by atoms with Crippen LogP contribution in [0.4, 0.5) is 45.5 Å². The summed E-state index contributed by atoms with van der Waals surface area (Å²) in [6, 6.07) is 145. The van der Waals surface area contributed by atoms with Crippen molar-refractivity contribution in [2.24, 2.45) is 0 Å². The van der Waals surface area contributed by atoms with Crippen LogP contribution in [-0.4, -0.2) is 9.13 Å². The summed E-state index contributed by atoms with van der Waals surface area (Å²) in [5, 5.41) is 7.20. The molecule has 3 aliphatic heterocycles. The quantitative estimate of drug-likeness (QED) is 0.144. The van der Waals surface area contributed by atoms with Crippen molar-refractivity contribution in [1.29, 1.82) is 0 Å². The zero-order valence-corrected chi connectivity index (χ0v) is 63.0. The molecular weight excluding hydrogens is 1410 g/mol. The number of fused-ring (bicyclic) bond motifs is 32. The first-order chi connectivity index (χ1) is 57.6. The van der Waals surface area contributed by atoms with Gasteiger partial charge >= 0.3 is 0 Å². The highest BCUT2D eigenvalue weighted by Gasteiger charge is 2.57. The van der Waals surface area contributed by atoms with Gasteiger partial charge < -0.3 is 28.3 Å². The molecule has 0 saturated carbocycles. The largest absolute Gasteiger partial charge is 0.456 e. The molecule has 0 N–H and O–H groups in total. The van der Waals surface area contributed by atoms with E-state index in [1.54, 1.807) is 0 Å². The van der Waals surface area contributed by atoms with E-state index in [2.05, 4.69) is 424 Å². The van der Waals surface area contributed by atoms with Crippen LogP contribution in [0.25, 0.3) is 116 Å². The monoisotopic (exact) mass is 1480 g/mol. The van der Waals surface area contributed by atoms with Crippen molar-refractivity contribution in [1.82, 2.24) is 9.13 Å². The van der Waals surface area contributed by atoms with Crippen molar-refractivity contribution in [3.8, 4) is 44.8 Å². The van der Waals surface area contributed by atoms with Crippen LogP contribution < -0.4 is 14.7 Å². The third-order valence-electron chi connectivity index (χ3n) is 26.6. The molecule has 26 rings (SSSR count). The van der Waals surface area contributed by atoms with E-state index in [4.69, 9.17) is 4.42 Å². The minimum atomic E-state index is -0.697. The molecule has 0 bridgehead atoms. The zero-order valence-electron chi connectivity index (χ0n) is 63.0. The van der Waals surface area contributed by atoms with Gasteiger partial charge in [0.25, 0.3) is 0 Å². The predicted molar refractivity (Wildman–Crippen MR) is 477 cm³/mol. The maximum atomic E-state index is 7.16. The first kappa shape index (κ1) is 63.6. The number of aromatic nitrogens is 2. The fourth-order valence-electron chi connectivity index (χ4n) is 22.0. The molecule has 6 nitrogen and oxygen atoms in total. The SMILES string of the molecule is C1=C(c2ccc(N(c3ccccc3)c3ccc(-c4ccc5c(c4)c4cc6c7c(c8ccccc8n7-c7ccccc7C67c6ccccc6-c6cc(N(c8ccccc8)c8ccccc8)ccc67)c4n5-c4ccccc4)cc3)cc2)CC2C(=C1)N1c3ccccc3C3(c4ccccc4-c4ccccc43)c3cc4c(oc5ccccc54)c2c31. The van der Waals surface area contributed by atoms with Gasteiger partial charge in [0.15, 0.2) is 0 Å². The second-order valence-electron chi connectivity index (χ2n) is 32.0. The third-order valence-corrected chi connectivity index (χ3v) is 26.6. The summed E-state index contributed by atoms with van der Waals surface area (Å²) in [6.07, 6.45) is 5.62. The normalized spacial score (nSPS) is 15.8. The lowest BCUT2D eigenvalue weighted by molar-refractivity contribution is 0.658. The Hall–Kier alpha value is -15.0. The number of allylic oxidation sites excluding steroid dienone is 4. The van der Waals surface area contributed by atoms with Gasteiger partial charge in [0, 0.05) is 89.3 Å². The Bertz CT molecular complexity index is 7590. The average Bonchev–Trinajstić information content (AvgIpc) is 1.48. The highest BCUT2D eigenvalue weighted by molar-refractivity contribution is 6.28. The van der Waals surface area contributed by atoms with Gasteiger partial charge in [-0.25, -0.2) is 0 Å². The summed E-state index contributed by atoms with van der Waals surface area (Å²) in [4.78, 5) is 7.39. The molecule has 2 atom stereocenters. The van der Waals surface area contributed by atoms with Crippen molar-refractivity contribution in [2.45, 2.75) is 23.2 Å².